The van der Waals surface area contributed by atoms with Gasteiger partial charge in [0.15, 0.2) is 5.78 Å². The van der Waals surface area contributed by atoms with E-state index in [1.807, 2.05) is 19.1 Å². The van der Waals surface area contributed by atoms with Gasteiger partial charge in [-0.3, -0.25) is 14.5 Å². The normalized spacial score (nSPS) is 15.1. The highest BCUT2D eigenvalue weighted by Crippen LogP contribution is 2.18. The molecule has 2 aromatic rings. The average Bonchev–Trinajstić information content (AvgIpc) is 3.29. The topological polar surface area (TPSA) is 91.1 Å². The molecule has 1 N–H and O–H groups in total. The lowest BCUT2D eigenvalue weighted by Gasteiger charge is -2.34. The number of ketones is 1. The number of carboxylic acid groups (broad SMARTS) is 1. The highest BCUT2D eigenvalue weighted by Gasteiger charge is 2.24. The third kappa shape index (κ3) is 4.84. The highest BCUT2D eigenvalue weighted by atomic mass is 32.1. The van der Waals surface area contributed by atoms with Gasteiger partial charge in [0.05, 0.1) is 11.1 Å². The lowest BCUT2D eigenvalue weighted by atomic mass is 10.1. The molecule has 0 unspecified atom stereocenters. The van der Waals surface area contributed by atoms with E-state index in [4.69, 9.17) is 9.52 Å². The predicted octanol–water partition coefficient (Wildman–Crippen LogP) is 2.66. The van der Waals surface area contributed by atoms with Crippen molar-refractivity contribution in [3.63, 3.8) is 0 Å². The summed E-state index contributed by atoms with van der Waals surface area (Å²) in [6.07, 6.45) is 1.83. The van der Waals surface area contributed by atoms with Crippen molar-refractivity contribution in [3.8, 4) is 0 Å². The van der Waals surface area contributed by atoms with Crippen molar-refractivity contribution in [2.45, 2.75) is 26.3 Å². The molecular formula is C19H22N2O5S. The molecule has 0 aliphatic carbocycles. The Morgan fingerprint density at radius 1 is 1.11 bits per heavy atom. The first-order chi connectivity index (χ1) is 12.9. The van der Waals surface area contributed by atoms with Crippen molar-refractivity contribution in [1.29, 1.82) is 0 Å². The molecule has 2 aromatic heterocycles. The Balaban J connectivity index is 1.44. The standard InChI is InChI=1S/C19H22N2O5S/c1-13-2-4-16(27-13)15(22)3-5-17(23)21-9-7-20(8-10-21)12-14-6-11-26-18(14)19(24)25/h2,4,6,11H,3,5,7-10,12H2,1H3,(H,24,25). The lowest BCUT2D eigenvalue weighted by Crippen LogP contribution is -2.48. The molecular weight excluding hydrogens is 368 g/mol. The van der Waals surface area contributed by atoms with E-state index in [1.165, 1.54) is 17.6 Å². The first-order valence-electron chi connectivity index (χ1n) is 8.83. The Morgan fingerprint density at radius 2 is 1.85 bits per heavy atom. The first-order valence-corrected chi connectivity index (χ1v) is 9.65. The molecule has 144 valence electrons. The summed E-state index contributed by atoms with van der Waals surface area (Å²) < 4.78 is 5.00. The van der Waals surface area contributed by atoms with Crippen molar-refractivity contribution in [3.05, 3.63) is 45.5 Å². The summed E-state index contributed by atoms with van der Waals surface area (Å²) in [7, 11) is 0. The monoisotopic (exact) mass is 390 g/mol. The molecule has 1 fully saturated rings. The number of thiophene rings is 1. The zero-order valence-electron chi connectivity index (χ0n) is 15.1. The Hall–Kier alpha value is -2.45. The molecule has 3 heterocycles. The summed E-state index contributed by atoms with van der Waals surface area (Å²) in [5, 5.41) is 9.09. The molecule has 0 aromatic carbocycles. The van der Waals surface area contributed by atoms with E-state index in [0.717, 1.165) is 4.88 Å². The number of nitrogens with zero attached hydrogens (tertiary/aromatic N) is 2. The van der Waals surface area contributed by atoms with Gasteiger partial charge in [-0.1, -0.05) is 0 Å². The minimum atomic E-state index is -1.07. The first kappa shape index (κ1) is 19.3. The van der Waals surface area contributed by atoms with E-state index in [-0.39, 0.29) is 30.3 Å². The van der Waals surface area contributed by atoms with Crippen molar-refractivity contribution in [1.82, 2.24) is 9.80 Å². The van der Waals surface area contributed by atoms with Crippen LogP contribution in [0, 0.1) is 6.92 Å². The Kier molecular flexibility index (Phi) is 6.08. The van der Waals surface area contributed by atoms with E-state index in [2.05, 4.69) is 4.90 Å². The number of hydrogen-bond acceptors (Lipinski definition) is 6. The second kappa shape index (κ2) is 8.49. The quantitative estimate of drug-likeness (QED) is 0.731. The van der Waals surface area contributed by atoms with Gasteiger partial charge in [0, 0.05) is 56.0 Å². The van der Waals surface area contributed by atoms with Crippen molar-refractivity contribution in [2.24, 2.45) is 0 Å². The van der Waals surface area contributed by atoms with Crippen LogP contribution >= 0.6 is 11.3 Å². The summed E-state index contributed by atoms with van der Waals surface area (Å²) in [6, 6.07) is 5.39. The largest absolute Gasteiger partial charge is 0.475 e. The van der Waals surface area contributed by atoms with Gasteiger partial charge in [-0.2, -0.15) is 0 Å². The summed E-state index contributed by atoms with van der Waals surface area (Å²) in [5.41, 5.74) is 0.638. The number of Topliss-reactive ketones (excluding diaryl/α,β-unsaturated/α-hetero) is 1. The molecule has 1 aliphatic heterocycles. The van der Waals surface area contributed by atoms with Gasteiger partial charge in [0.2, 0.25) is 11.7 Å². The van der Waals surface area contributed by atoms with Crippen LogP contribution in [0.4, 0.5) is 0 Å². The summed E-state index contributed by atoms with van der Waals surface area (Å²) in [6.45, 7) is 4.91. The number of aryl methyl sites for hydroxylation is 1. The third-order valence-corrected chi connectivity index (χ3v) is 5.68. The molecule has 0 atom stereocenters. The van der Waals surface area contributed by atoms with Crippen LogP contribution in [-0.2, 0) is 11.3 Å². The molecule has 0 bridgehead atoms. The van der Waals surface area contributed by atoms with Crippen LogP contribution in [-0.4, -0.2) is 58.7 Å². The zero-order valence-corrected chi connectivity index (χ0v) is 16.0. The van der Waals surface area contributed by atoms with Crippen molar-refractivity contribution >= 4 is 29.0 Å². The molecule has 0 saturated carbocycles. The van der Waals surface area contributed by atoms with Crippen LogP contribution in [0.25, 0.3) is 0 Å². The number of hydrogen-bond donors (Lipinski definition) is 1. The van der Waals surface area contributed by atoms with E-state index >= 15 is 0 Å². The lowest BCUT2D eigenvalue weighted by molar-refractivity contribution is -0.133. The number of carbonyl (C=O) groups excluding carboxylic acids is 2. The van der Waals surface area contributed by atoms with Crippen LogP contribution in [0.1, 0.15) is 43.5 Å². The zero-order chi connectivity index (χ0) is 19.4. The van der Waals surface area contributed by atoms with Gasteiger partial charge in [0.1, 0.15) is 0 Å². The van der Waals surface area contributed by atoms with Crippen molar-refractivity contribution in [2.75, 3.05) is 26.2 Å². The molecule has 27 heavy (non-hydrogen) atoms. The molecule has 0 radical (unpaired) electrons. The molecule has 3 rings (SSSR count). The highest BCUT2D eigenvalue weighted by molar-refractivity contribution is 7.14. The number of aromatic carboxylic acids is 1. The number of rotatable bonds is 7. The fraction of sp³-hybridized carbons (Fsp3) is 0.421. The summed E-state index contributed by atoms with van der Waals surface area (Å²) in [5.74, 6) is -1.10. The Morgan fingerprint density at radius 3 is 2.48 bits per heavy atom. The van der Waals surface area contributed by atoms with Gasteiger partial charge in [-0.25, -0.2) is 4.79 Å². The van der Waals surface area contributed by atoms with Gasteiger partial charge < -0.3 is 14.4 Å². The predicted molar refractivity (Wildman–Crippen MR) is 100 cm³/mol. The SMILES string of the molecule is Cc1ccc(C(=O)CCC(=O)N2CCN(Cc3ccoc3C(=O)O)CC2)s1. The number of piperazine rings is 1. The molecule has 1 amide bonds. The minimum absolute atomic E-state index is 0.00851. The maximum atomic E-state index is 12.4. The molecule has 1 saturated heterocycles. The van der Waals surface area contributed by atoms with E-state index < -0.39 is 5.97 Å². The van der Waals surface area contributed by atoms with Gasteiger partial charge in [0.25, 0.3) is 0 Å². The maximum absolute atomic E-state index is 12.4. The van der Waals surface area contributed by atoms with E-state index in [0.29, 0.717) is 43.2 Å². The Labute approximate surface area is 161 Å². The van der Waals surface area contributed by atoms with Gasteiger partial charge in [-0.05, 0) is 25.1 Å². The van der Waals surface area contributed by atoms with Gasteiger partial charge >= 0.3 is 5.97 Å². The van der Waals surface area contributed by atoms with Crippen LogP contribution in [0.15, 0.2) is 28.9 Å². The molecule has 1 aliphatic rings. The minimum Gasteiger partial charge on any atom is -0.475 e. The van der Waals surface area contributed by atoms with E-state index in [9.17, 15) is 14.4 Å². The average molecular weight is 390 g/mol. The number of carboxylic acids is 1. The maximum Gasteiger partial charge on any atom is 0.372 e. The molecule has 7 nitrogen and oxygen atoms in total. The fourth-order valence-corrected chi connectivity index (χ4v) is 3.97. The van der Waals surface area contributed by atoms with Crippen molar-refractivity contribution < 1.29 is 23.9 Å². The third-order valence-electron chi connectivity index (χ3n) is 4.64. The second-order valence-corrected chi connectivity index (χ2v) is 7.86. The van der Waals surface area contributed by atoms with Crippen LogP contribution in [0.2, 0.25) is 0 Å². The smallest absolute Gasteiger partial charge is 0.372 e. The van der Waals surface area contributed by atoms with Crippen LogP contribution in [0.5, 0.6) is 0 Å². The number of amides is 1. The molecule has 0 spiro atoms. The van der Waals surface area contributed by atoms with Crippen LogP contribution in [0.3, 0.4) is 0 Å². The van der Waals surface area contributed by atoms with Gasteiger partial charge in [-0.15, -0.1) is 11.3 Å². The summed E-state index contributed by atoms with van der Waals surface area (Å²) in [4.78, 5) is 41.3. The fourth-order valence-electron chi connectivity index (χ4n) is 3.13. The van der Waals surface area contributed by atoms with Crippen LogP contribution < -0.4 is 0 Å². The summed E-state index contributed by atoms with van der Waals surface area (Å²) >= 11 is 1.46. The van der Waals surface area contributed by atoms with E-state index in [1.54, 1.807) is 11.0 Å². The Bertz CT molecular complexity index is 833. The number of carbonyl (C=O) groups is 3. The second-order valence-electron chi connectivity index (χ2n) is 6.57. The molecule has 8 heteroatoms. The number of furan rings is 1.